The van der Waals surface area contributed by atoms with Gasteiger partial charge in [0.1, 0.15) is 11.8 Å². The van der Waals surface area contributed by atoms with Gasteiger partial charge in [-0.3, -0.25) is 4.28 Å². The number of methoxy groups -OCH3 is 1. The molecule has 0 saturated heterocycles. The van der Waals surface area contributed by atoms with E-state index in [0.29, 0.717) is 5.75 Å². The SMILES string of the molecule is COc1ccc(C=CC(C#N)=NOS(C)(=O)=O)cc1. The highest BCUT2D eigenvalue weighted by atomic mass is 32.2. The molecule has 1 aromatic rings. The molecule has 0 N–H and O–H groups in total. The molecule has 0 amide bonds. The number of rotatable bonds is 5. The zero-order valence-corrected chi connectivity index (χ0v) is 11.2. The Bertz CT molecular complexity index is 625. The van der Waals surface area contributed by atoms with Gasteiger partial charge in [0, 0.05) is 0 Å². The Morgan fingerprint density at radius 2 is 2.00 bits per heavy atom. The maximum Gasteiger partial charge on any atom is 0.325 e. The van der Waals surface area contributed by atoms with Crippen molar-refractivity contribution in [2.75, 3.05) is 13.4 Å². The van der Waals surface area contributed by atoms with Gasteiger partial charge in [-0.15, -0.1) is 0 Å². The van der Waals surface area contributed by atoms with Crippen LogP contribution in [0.3, 0.4) is 0 Å². The fourth-order valence-corrected chi connectivity index (χ4v) is 1.30. The van der Waals surface area contributed by atoms with E-state index in [9.17, 15) is 8.42 Å². The Balaban J connectivity index is 2.80. The summed E-state index contributed by atoms with van der Waals surface area (Å²) < 4.78 is 30.6. The normalized spacial score (nSPS) is 12.2. The zero-order valence-electron chi connectivity index (χ0n) is 10.4. The van der Waals surface area contributed by atoms with E-state index in [1.807, 2.05) is 0 Å². The molecule has 0 aliphatic heterocycles. The molecule has 100 valence electrons. The Hall–Kier alpha value is -2.33. The molecule has 0 atom stereocenters. The summed E-state index contributed by atoms with van der Waals surface area (Å²) in [5.74, 6) is 0.715. The lowest BCUT2D eigenvalue weighted by molar-refractivity contribution is 0.344. The van der Waals surface area contributed by atoms with Gasteiger partial charge in [-0.2, -0.15) is 13.7 Å². The van der Waals surface area contributed by atoms with Crippen LogP contribution in [0.4, 0.5) is 0 Å². The molecule has 0 bridgehead atoms. The number of oxime groups is 1. The molecular formula is C12H12N2O4S. The van der Waals surface area contributed by atoms with Crippen LogP contribution in [0.5, 0.6) is 5.75 Å². The molecule has 0 radical (unpaired) electrons. The molecule has 0 unspecified atom stereocenters. The van der Waals surface area contributed by atoms with Gasteiger partial charge in [-0.05, 0) is 23.8 Å². The summed E-state index contributed by atoms with van der Waals surface area (Å²) in [6.45, 7) is 0. The highest BCUT2D eigenvalue weighted by Crippen LogP contribution is 2.12. The first-order chi connectivity index (χ1) is 8.94. The molecule has 0 saturated carbocycles. The second-order valence-electron chi connectivity index (χ2n) is 3.47. The van der Waals surface area contributed by atoms with E-state index in [0.717, 1.165) is 11.8 Å². The Morgan fingerprint density at radius 1 is 1.37 bits per heavy atom. The van der Waals surface area contributed by atoms with E-state index >= 15 is 0 Å². The number of benzene rings is 1. The number of nitriles is 1. The first kappa shape index (κ1) is 14.7. The summed E-state index contributed by atoms with van der Waals surface area (Å²) >= 11 is 0. The van der Waals surface area contributed by atoms with Crippen LogP contribution in [0.2, 0.25) is 0 Å². The molecule has 19 heavy (non-hydrogen) atoms. The van der Waals surface area contributed by atoms with E-state index in [-0.39, 0.29) is 5.71 Å². The van der Waals surface area contributed by atoms with Crippen LogP contribution in [0, 0.1) is 11.3 Å². The Kier molecular flexibility index (Phi) is 5.09. The number of ether oxygens (including phenoxy) is 1. The maximum absolute atomic E-state index is 10.7. The second-order valence-corrected chi connectivity index (χ2v) is 5.03. The van der Waals surface area contributed by atoms with Crippen molar-refractivity contribution in [1.29, 1.82) is 5.26 Å². The van der Waals surface area contributed by atoms with Crippen LogP contribution < -0.4 is 4.74 Å². The van der Waals surface area contributed by atoms with Crippen molar-refractivity contribution in [2.45, 2.75) is 0 Å². The third-order valence-corrected chi connectivity index (χ3v) is 2.28. The lowest BCUT2D eigenvalue weighted by atomic mass is 10.2. The third kappa shape index (κ3) is 5.70. The molecule has 0 spiro atoms. The molecule has 0 fully saturated rings. The molecule has 7 heteroatoms. The van der Waals surface area contributed by atoms with Crippen LogP contribution in [0.1, 0.15) is 5.56 Å². The van der Waals surface area contributed by atoms with E-state index in [4.69, 9.17) is 10.00 Å². The minimum Gasteiger partial charge on any atom is -0.497 e. The van der Waals surface area contributed by atoms with Gasteiger partial charge < -0.3 is 4.74 Å². The Morgan fingerprint density at radius 3 is 2.47 bits per heavy atom. The van der Waals surface area contributed by atoms with Crippen LogP contribution in [-0.2, 0) is 14.4 Å². The van der Waals surface area contributed by atoms with Crippen LogP contribution in [0.15, 0.2) is 35.5 Å². The summed E-state index contributed by atoms with van der Waals surface area (Å²) in [6.07, 6.45) is 3.80. The van der Waals surface area contributed by atoms with Gasteiger partial charge in [0.05, 0.1) is 13.4 Å². The fraction of sp³-hybridized carbons (Fsp3) is 0.167. The number of nitrogens with zero attached hydrogens (tertiary/aromatic N) is 2. The van der Waals surface area contributed by atoms with Gasteiger partial charge in [0.15, 0.2) is 5.71 Å². The molecule has 1 rings (SSSR count). The lowest BCUT2D eigenvalue weighted by Gasteiger charge is -1.98. The third-order valence-electron chi connectivity index (χ3n) is 1.94. The fourth-order valence-electron chi connectivity index (χ4n) is 1.09. The average molecular weight is 280 g/mol. The van der Waals surface area contributed by atoms with E-state index in [1.54, 1.807) is 43.5 Å². The van der Waals surface area contributed by atoms with Gasteiger partial charge in [-0.25, -0.2) is 0 Å². The van der Waals surface area contributed by atoms with Crippen LogP contribution in [-0.4, -0.2) is 27.5 Å². The van der Waals surface area contributed by atoms with Gasteiger partial charge >= 0.3 is 10.1 Å². The van der Waals surface area contributed by atoms with Crippen molar-refractivity contribution in [3.63, 3.8) is 0 Å². The molecule has 0 aliphatic rings. The smallest absolute Gasteiger partial charge is 0.325 e. The predicted octanol–water partition coefficient (Wildman–Crippen LogP) is 1.56. The van der Waals surface area contributed by atoms with Crippen molar-refractivity contribution in [3.8, 4) is 11.8 Å². The standard InChI is InChI=1S/C12H12N2O4S/c1-17-12-7-4-10(5-8-12)3-6-11(9-13)14-18-19(2,15)16/h3-8H,1-2H3. The van der Waals surface area contributed by atoms with Gasteiger partial charge in [-0.1, -0.05) is 23.4 Å². The molecular weight excluding hydrogens is 268 g/mol. The van der Waals surface area contributed by atoms with Crippen molar-refractivity contribution in [2.24, 2.45) is 5.16 Å². The average Bonchev–Trinajstić information content (AvgIpc) is 2.38. The van der Waals surface area contributed by atoms with Crippen LogP contribution >= 0.6 is 0 Å². The van der Waals surface area contributed by atoms with E-state index in [2.05, 4.69) is 9.44 Å². The van der Waals surface area contributed by atoms with Crippen molar-refractivity contribution in [1.82, 2.24) is 0 Å². The number of hydrogen-bond donors (Lipinski definition) is 0. The van der Waals surface area contributed by atoms with Crippen molar-refractivity contribution in [3.05, 3.63) is 35.9 Å². The predicted molar refractivity (Wildman–Crippen MR) is 71.0 cm³/mol. The quantitative estimate of drug-likeness (QED) is 0.603. The van der Waals surface area contributed by atoms with Gasteiger partial charge in [0.2, 0.25) is 0 Å². The Labute approximate surface area is 111 Å². The number of allylic oxidation sites excluding steroid dienone is 1. The van der Waals surface area contributed by atoms with Gasteiger partial charge in [0.25, 0.3) is 0 Å². The van der Waals surface area contributed by atoms with E-state index in [1.165, 1.54) is 6.08 Å². The van der Waals surface area contributed by atoms with E-state index < -0.39 is 10.1 Å². The monoisotopic (exact) mass is 280 g/mol. The molecule has 1 aromatic carbocycles. The zero-order chi connectivity index (χ0) is 14.3. The number of hydrogen-bond acceptors (Lipinski definition) is 6. The molecule has 6 nitrogen and oxygen atoms in total. The highest BCUT2D eigenvalue weighted by molar-refractivity contribution is 7.85. The first-order valence-electron chi connectivity index (χ1n) is 5.13. The van der Waals surface area contributed by atoms with Crippen molar-refractivity contribution >= 4 is 21.9 Å². The van der Waals surface area contributed by atoms with Crippen molar-refractivity contribution < 1.29 is 17.4 Å². The molecule has 0 heterocycles. The minimum atomic E-state index is -3.71. The summed E-state index contributed by atoms with van der Waals surface area (Å²) in [5, 5.41) is 12.0. The molecule has 0 aliphatic carbocycles. The lowest BCUT2D eigenvalue weighted by Crippen LogP contribution is -1.99. The van der Waals surface area contributed by atoms with Crippen LogP contribution in [0.25, 0.3) is 6.08 Å². The topological polar surface area (TPSA) is 88.8 Å². The molecule has 0 aromatic heterocycles. The maximum atomic E-state index is 10.7. The largest absolute Gasteiger partial charge is 0.497 e. The minimum absolute atomic E-state index is 0.152. The highest BCUT2D eigenvalue weighted by Gasteiger charge is 2.01. The summed E-state index contributed by atoms with van der Waals surface area (Å²) in [6, 6.07) is 8.80. The first-order valence-corrected chi connectivity index (χ1v) is 6.95. The summed E-state index contributed by atoms with van der Waals surface area (Å²) in [4.78, 5) is 0. The second kappa shape index (κ2) is 6.56. The summed E-state index contributed by atoms with van der Waals surface area (Å²) in [7, 11) is -2.15. The summed E-state index contributed by atoms with van der Waals surface area (Å²) in [5.41, 5.74) is 0.657.